The molecule has 1 heteroatoms. The van der Waals surface area contributed by atoms with Gasteiger partial charge in [0.2, 0.25) is 0 Å². The lowest BCUT2D eigenvalue weighted by Gasteiger charge is -2.34. The van der Waals surface area contributed by atoms with E-state index in [1.54, 1.807) is 0 Å². The molecule has 1 nitrogen and oxygen atoms in total. The molecule has 0 aromatic rings. The predicted molar refractivity (Wildman–Crippen MR) is 49.8 cm³/mol. The number of aliphatic hydroxyl groups is 1. The summed E-state index contributed by atoms with van der Waals surface area (Å²) in [5, 5.41) is 9.75. The lowest BCUT2D eigenvalue weighted by Crippen LogP contribution is -2.27. The van der Waals surface area contributed by atoms with Crippen LogP contribution >= 0.6 is 0 Å². The third-order valence-electron chi connectivity index (χ3n) is 3.33. The van der Waals surface area contributed by atoms with Crippen LogP contribution in [-0.4, -0.2) is 11.2 Å². The molecule has 0 bridgehead atoms. The highest BCUT2D eigenvalue weighted by Gasteiger charge is 2.28. The molecule has 2 aliphatic carbocycles. The van der Waals surface area contributed by atoms with Crippen molar-refractivity contribution >= 4 is 0 Å². The molecule has 0 amide bonds. The lowest BCUT2D eigenvalue weighted by molar-refractivity contribution is 0.149. The van der Waals surface area contributed by atoms with Crippen LogP contribution in [0.4, 0.5) is 0 Å². The largest absolute Gasteiger partial charge is 0.389 e. The number of allylic oxidation sites excluding steroid dienone is 1. The van der Waals surface area contributed by atoms with Crippen molar-refractivity contribution in [2.75, 3.05) is 0 Å². The average molecular weight is 166 g/mol. The molecular formula is C11H18O. The van der Waals surface area contributed by atoms with Gasteiger partial charge in [-0.1, -0.05) is 13.0 Å². The van der Waals surface area contributed by atoms with Crippen LogP contribution in [0.5, 0.6) is 0 Å². The Morgan fingerprint density at radius 1 is 1.25 bits per heavy atom. The van der Waals surface area contributed by atoms with E-state index in [1.165, 1.54) is 31.3 Å². The summed E-state index contributed by atoms with van der Waals surface area (Å²) in [5.74, 6) is 1.42. The third-order valence-corrected chi connectivity index (χ3v) is 3.33. The Labute approximate surface area is 74.5 Å². The zero-order valence-electron chi connectivity index (χ0n) is 7.79. The molecule has 0 aromatic heterocycles. The van der Waals surface area contributed by atoms with E-state index in [4.69, 9.17) is 0 Å². The highest BCUT2D eigenvalue weighted by molar-refractivity contribution is 5.18. The zero-order valence-corrected chi connectivity index (χ0v) is 7.79. The van der Waals surface area contributed by atoms with Gasteiger partial charge >= 0.3 is 0 Å². The summed E-state index contributed by atoms with van der Waals surface area (Å²) in [6.07, 6.45) is 8.37. The summed E-state index contributed by atoms with van der Waals surface area (Å²) >= 11 is 0. The van der Waals surface area contributed by atoms with Crippen molar-refractivity contribution in [1.82, 2.24) is 0 Å². The molecule has 2 aliphatic rings. The number of fused-ring (bicyclic) bond motifs is 1. The molecule has 0 heterocycles. The summed E-state index contributed by atoms with van der Waals surface area (Å²) in [6.45, 7) is 2.25. The van der Waals surface area contributed by atoms with E-state index in [1.807, 2.05) is 0 Å². The second-order valence-electron chi connectivity index (χ2n) is 4.36. The Kier molecular flexibility index (Phi) is 2.22. The first-order valence-electron chi connectivity index (χ1n) is 5.17. The minimum atomic E-state index is -0.105. The van der Waals surface area contributed by atoms with E-state index >= 15 is 0 Å². The first-order valence-corrected chi connectivity index (χ1v) is 5.17. The van der Waals surface area contributed by atoms with Gasteiger partial charge in [0.05, 0.1) is 6.10 Å². The maximum atomic E-state index is 9.75. The van der Waals surface area contributed by atoms with Crippen LogP contribution < -0.4 is 0 Å². The summed E-state index contributed by atoms with van der Waals surface area (Å²) in [4.78, 5) is 0. The predicted octanol–water partition coefficient (Wildman–Crippen LogP) is 2.50. The Morgan fingerprint density at radius 3 is 2.92 bits per heavy atom. The summed E-state index contributed by atoms with van der Waals surface area (Å²) < 4.78 is 0. The fourth-order valence-electron chi connectivity index (χ4n) is 2.60. The van der Waals surface area contributed by atoms with Crippen molar-refractivity contribution in [1.29, 1.82) is 0 Å². The normalized spacial score (nSPS) is 41.8. The minimum absolute atomic E-state index is 0.105. The van der Waals surface area contributed by atoms with Gasteiger partial charge in [0, 0.05) is 0 Å². The van der Waals surface area contributed by atoms with E-state index in [-0.39, 0.29) is 6.10 Å². The maximum absolute atomic E-state index is 9.75. The van der Waals surface area contributed by atoms with Crippen LogP contribution in [-0.2, 0) is 0 Å². The third kappa shape index (κ3) is 1.42. The van der Waals surface area contributed by atoms with Crippen molar-refractivity contribution < 1.29 is 5.11 Å². The van der Waals surface area contributed by atoms with E-state index in [0.717, 1.165) is 12.3 Å². The van der Waals surface area contributed by atoms with Gasteiger partial charge in [-0.15, -0.1) is 0 Å². The summed E-state index contributed by atoms with van der Waals surface area (Å²) in [7, 11) is 0. The maximum Gasteiger partial charge on any atom is 0.0752 e. The van der Waals surface area contributed by atoms with Gasteiger partial charge in [-0.25, -0.2) is 0 Å². The summed E-state index contributed by atoms with van der Waals surface area (Å²) in [5.41, 5.74) is 1.36. The number of rotatable bonds is 0. The SMILES string of the molecule is CC1C=C2C(O)CCCC2CC1. The van der Waals surface area contributed by atoms with Crippen molar-refractivity contribution in [2.45, 2.75) is 45.1 Å². The van der Waals surface area contributed by atoms with Crippen LogP contribution in [0.3, 0.4) is 0 Å². The first-order chi connectivity index (χ1) is 5.77. The monoisotopic (exact) mass is 166 g/mol. The van der Waals surface area contributed by atoms with E-state index in [2.05, 4.69) is 13.0 Å². The second-order valence-corrected chi connectivity index (χ2v) is 4.36. The fraction of sp³-hybridized carbons (Fsp3) is 0.818. The second kappa shape index (κ2) is 3.21. The Hall–Kier alpha value is -0.300. The van der Waals surface area contributed by atoms with Gasteiger partial charge in [-0.05, 0) is 49.5 Å². The van der Waals surface area contributed by atoms with Gasteiger partial charge in [0.1, 0.15) is 0 Å². The highest BCUT2D eigenvalue weighted by Crippen LogP contribution is 2.38. The molecule has 0 aromatic carbocycles. The van der Waals surface area contributed by atoms with Gasteiger partial charge in [-0.2, -0.15) is 0 Å². The Balaban J connectivity index is 2.17. The zero-order chi connectivity index (χ0) is 8.55. The first kappa shape index (κ1) is 8.31. The number of hydrogen-bond donors (Lipinski definition) is 1. The molecule has 3 unspecified atom stereocenters. The molecule has 0 radical (unpaired) electrons. The molecule has 1 N–H and O–H groups in total. The van der Waals surface area contributed by atoms with Crippen molar-refractivity contribution in [3.8, 4) is 0 Å². The Morgan fingerprint density at radius 2 is 2.08 bits per heavy atom. The van der Waals surface area contributed by atoms with Gasteiger partial charge in [-0.3, -0.25) is 0 Å². The number of aliphatic hydroxyl groups excluding tert-OH is 1. The van der Waals surface area contributed by atoms with Crippen LogP contribution in [0.2, 0.25) is 0 Å². The Bertz CT molecular complexity index is 195. The lowest BCUT2D eigenvalue weighted by atomic mass is 9.74. The molecule has 1 fully saturated rings. The fourth-order valence-corrected chi connectivity index (χ4v) is 2.60. The molecule has 68 valence electrons. The van der Waals surface area contributed by atoms with E-state index in [9.17, 15) is 5.11 Å². The molecule has 12 heavy (non-hydrogen) atoms. The van der Waals surface area contributed by atoms with E-state index in [0.29, 0.717) is 5.92 Å². The van der Waals surface area contributed by atoms with Gasteiger partial charge in [0.25, 0.3) is 0 Å². The molecular weight excluding hydrogens is 148 g/mol. The van der Waals surface area contributed by atoms with Crippen molar-refractivity contribution in [2.24, 2.45) is 11.8 Å². The van der Waals surface area contributed by atoms with Gasteiger partial charge < -0.3 is 5.11 Å². The van der Waals surface area contributed by atoms with Crippen LogP contribution in [0.15, 0.2) is 11.6 Å². The van der Waals surface area contributed by atoms with Gasteiger partial charge in [0.15, 0.2) is 0 Å². The standard InChI is InChI=1S/C11H18O/c1-8-5-6-9-3-2-4-11(12)10(9)7-8/h7-9,11-12H,2-6H2,1H3. The molecule has 0 saturated heterocycles. The van der Waals surface area contributed by atoms with Crippen LogP contribution in [0, 0.1) is 11.8 Å². The van der Waals surface area contributed by atoms with Crippen molar-refractivity contribution in [3.05, 3.63) is 11.6 Å². The smallest absolute Gasteiger partial charge is 0.0752 e. The van der Waals surface area contributed by atoms with Crippen LogP contribution in [0.1, 0.15) is 39.0 Å². The molecule has 3 atom stereocenters. The average Bonchev–Trinajstić information content (AvgIpc) is 2.07. The van der Waals surface area contributed by atoms with E-state index < -0.39 is 0 Å². The molecule has 2 rings (SSSR count). The van der Waals surface area contributed by atoms with Crippen molar-refractivity contribution in [3.63, 3.8) is 0 Å². The molecule has 1 saturated carbocycles. The molecule has 0 aliphatic heterocycles. The minimum Gasteiger partial charge on any atom is -0.389 e. The number of hydrogen-bond acceptors (Lipinski definition) is 1. The quantitative estimate of drug-likeness (QED) is 0.548. The summed E-state index contributed by atoms with van der Waals surface area (Å²) in [6, 6.07) is 0. The molecule has 0 spiro atoms. The highest BCUT2D eigenvalue weighted by atomic mass is 16.3. The topological polar surface area (TPSA) is 20.2 Å². The van der Waals surface area contributed by atoms with Crippen LogP contribution in [0.25, 0.3) is 0 Å².